The smallest absolute Gasteiger partial charge is 0.271 e. The van der Waals surface area contributed by atoms with Crippen LogP contribution in [0.25, 0.3) is 10.9 Å². The lowest BCUT2D eigenvalue weighted by atomic mass is 10.1. The fourth-order valence-electron chi connectivity index (χ4n) is 3.48. The number of nitrogens with zero attached hydrogens (tertiary/aromatic N) is 2. The molecule has 0 spiro atoms. The van der Waals surface area contributed by atoms with Crippen LogP contribution in [0.15, 0.2) is 82.9 Å². The van der Waals surface area contributed by atoms with Crippen LogP contribution < -0.4 is 19.6 Å². The fourth-order valence-corrected chi connectivity index (χ4v) is 4.48. The molecule has 0 fully saturated rings. The fraction of sp³-hybridized carbons (Fsp3) is 0.148. The molecule has 178 valence electrons. The Kier molecular flexibility index (Phi) is 7.84. The molecule has 35 heavy (non-hydrogen) atoms. The first kappa shape index (κ1) is 24.1. The van der Waals surface area contributed by atoms with E-state index >= 15 is 0 Å². The SMILES string of the molecule is COc1cc(OC)c(OC)cc1/C=N/NC(=O)c1ccc(CSc2cccc3cccnc23)cc1. The number of carbonyl (C=O) groups is 1. The highest BCUT2D eigenvalue weighted by Gasteiger charge is 2.11. The maximum atomic E-state index is 12.5. The standard InChI is InChI=1S/C27H25N3O4S/c1-32-22-15-24(34-3)23(33-2)14-21(22)16-29-30-27(31)20-11-9-18(10-12-20)17-35-25-8-4-6-19-7-5-13-28-26(19)25/h4-16H,17H2,1-3H3,(H,30,31)/b29-16+. The van der Waals surface area contributed by atoms with Crippen LogP contribution in [0.3, 0.4) is 0 Å². The summed E-state index contributed by atoms with van der Waals surface area (Å²) in [7, 11) is 4.65. The quantitative estimate of drug-likeness (QED) is 0.196. The minimum Gasteiger partial charge on any atom is -0.496 e. The Morgan fingerprint density at radius 3 is 2.40 bits per heavy atom. The molecule has 0 bridgehead atoms. The third-order valence-corrected chi connectivity index (χ3v) is 6.43. The van der Waals surface area contributed by atoms with Gasteiger partial charge in [-0.15, -0.1) is 11.8 Å². The average molecular weight is 488 g/mol. The zero-order chi connectivity index (χ0) is 24.6. The van der Waals surface area contributed by atoms with E-state index in [0.29, 0.717) is 28.4 Å². The number of carbonyl (C=O) groups excluding carboxylic acids is 1. The minimum absolute atomic E-state index is 0.307. The van der Waals surface area contributed by atoms with Crippen LogP contribution in [0.1, 0.15) is 21.5 Å². The molecule has 0 unspecified atom stereocenters. The number of aromatic nitrogens is 1. The van der Waals surface area contributed by atoms with Gasteiger partial charge in [-0.25, -0.2) is 5.43 Å². The van der Waals surface area contributed by atoms with Gasteiger partial charge in [0.2, 0.25) is 0 Å². The summed E-state index contributed by atoms with van der Waals surface area (Å²) in [5.74, 6) is 2.09. The van der Waals surface area contributed by atoms with E-state index in [0.717, 1.165) is 27.1 Å². The number of hydrogen-bond acceptors (Lipinski definition) is 7. The first-order valence-electron chi connectivity index (χ1n) is 10.8. The van der Waals surface area contributed by atoms with E-state index < -0.39 is 0 Å². The summed E-state index contributed by atoms with van der Waals surface area (Å²) >= 11 is 1.72. The number of fused-ring (bicyclic) bond motifs is 1. The topological polar surface area (TPSA) is 82.0 Å². The van der Waals surface area contributed by atoms with Gasteiger partial charge in [0.25, 0.3) is 5.91 Å². The normalized spacial score (nSPS) is 10.9. The summed E-state index contributed by atoms with van der Waals surface area (Å²) < 4.78 is 16.0. The Morgan fingerprint density at radius 1 is 0.943 bits per heavy atom. The highest BCUT2D eigenvalue weighted by Crippen LogP contribution is 2.33. The third kappa shape index (κ3) is 5.73. The van der Waals surface area contributed by atoms with Gasteiger partial charge in [-0.05, 0) is 35.9 Å². The number of amides is 1. The molecule has 0 saturated heterocycles. The number of methoxy groups -OCH3 is 3. The highest BCUT2D eigenvalue weighted by molar-refractivity contribution is 7.98. The van der Waals surface area contributed by atoms with E-state index in [-0.39, 0.29) is 5.91 Å². The minimum atomic E-state index is -0.307. The lowest BCUT2D eigenvalue weighted by molar-refractivity contribution is 0.0955. The van der Waals surface area contributed by atoms with E-state index in [9.17, 15) is 4.79 Å². The summed E-state index contributed by atoms with van der Waals surface area (Å²) in [5.41, 5.74) is 5.82. The highest BCUT2D eigenvalue weighted by atomic mass is 32.2. The van der Waals surface area contributed by atoms with Gasteiger partial charge in [-0.1, -0.05) is 30.3 Å². The van der Waals surface area contributed by atoms with Gasteiger partial charge < -0.3 is 14.2 Å². The first-order chi connectivity index (χ1) is 17.1. The molecule has 1 N–H and O–H groups in total. The summed E-state index contributed by atoms with van der Waals surface area (Å²) in [6.07, 6.45) is 3.31. The van der Waals surface area contributed by atoms with E-state index in [1.54, 1.807) is 57.4 Å². The molecular formula is C27H25N3O4S. The zero-order valence-corrected chi connectivity index (χ0v) is 20.5. The third-order valence-electron chi connectivity index (χ3n) is 5.31. The number of rotatable bonds is 9. The molecule has 4 aromatic rings. The second-order valence-corrected chi connectivity index (χ2v) is 8.48. The van der Waals surface area contributed by atoms with Crippen molar-refractivity contribution in [1.29, 1.82) is 0 Å². The second-order valence-electron chi connectivity index (χ2n) is 7.47. The molecule has 3 aromatic carbocycles. The van der Waals surface area contributed by atoms with Crippen molar-refractivity contribution in [3.8, 4) is 17.2 Å². The predicted octanol–water partition coefficient (Wildman–Crippen LogP) is 5.32. The Labute approximate surface area is 208 Å². The monoisotopic (exact) mass is 487 g/mol. The number of ether oxygens (including phenoxy) is 3. The molecule has 0 radical (unpaired) electrons. The van der Waals surface area contributed by atoms with E-state index in [2.05, 4.69) is 33.7 Å². The van der Waals surface area contributed by atoms with Crippen LogP contribution in [0, 0.1) is 0 Å². The summed E-state index contributed by atoms with van der Waals surface area (Å²) in [4.78, 5) is 18.2. The van der Waals surface area contributed by atoms with Crippen molar-refractivity contribution in [3.05, 3.63) is 89.6 Å². The van der Waals surface area contributed by atoms with E-state index in [1.165, 1.54) is 6.21 Å². The maximum Gasteiger partial charge on any atom is 0.271 e. The number of hydrazone groups is 1. The van der Waals surface area contributed by atoms with Crippen molar-refractivity contribution in [2.45, 2.75) is 10.6 Å². The molecule has 4 rings (SSSR count). The van der Waals surface area contributed by atoms with Gasteiger partial charge in [0.15, 0.2) is 11.5 Å². The predicted molar refractivity (Wildman–Crippen MR) is 139 cm³/mol. The second kappa shape index (κ2) is 11.4. The molecule has 0 aliphatic heterocycles. The zero-order valence-electron chi connectivity index (χ0n) is 19.6. The number of para-hydroxylation sites is 1. The molecule has 7 nitrogen and oxygen atoms in total. The summed E-state index contributed by atoms with van der Waals surface area (Å²) in [6.45, 7) is 0. The number of pyridine rings is 1. The van der Waals surface area contributed by atoms with Crippen LogP contribution in [0.2, 0.25) is 0 Å². The van der Waals surface area contributed by atoms with Crippen molar-refractivity contribution in [3.63, 3.8) is 0 Å². The maximum absolute atomic E-state index is 12.5. The molecule has 0 atom stereocenters. The molecular weight excluding hydrogens is 462 g/mol. The van der Waals surface area contributed by atoms with Gasteiger partial charge in [0.1, 0.15) is 5.75 Å². The molecule has 0 aliphatic carbocycles. The van der Waals surface area contributed by atoms with E-state index in [1.807, 2.05) is 30.5 Å². The Bertz CT molecular complexity index is 1350. The van der Waals surface area contributed by atoms with Crippen LogP contribution in [-0.2, 0) is 5.75 Å². The molecule has 0 saturated carbocycles. The Balaban J connectivity index is 1.38. The first-order valence-corrected chi connectivity index (χ1v) is 11.8. The van der Waals surface area contributed by atoms with Crippen LogP contribution in [0.5, 0.6) is 17.2 Å². The number of hydrogen-bond donors (Lipinski definition) is 1. The van der Waals surface area contributed by atoms with Crippen molar-refractivity contribution < 1.29 is 19.0 Å². The van der Waals surface area contributed by atoms with Crippen LogP contribution in [0.4, 0.5) is 0 Å². The summed E-state index contributed by atoms with van der Waals surface area (Å²) in [6, 6.07) is 21.1. The summed E-state index contributed by atoms with van der Waals surface area (Å²) in [5, 5.41) is 5.19. The molecule has 0 aliphatic rings. The van der Waals surface area contributed by atoms with Gasteiger partial charge in [-0.3, -0.25) is 9.78 Å². The molecule has 1 amide bonds. The van der Waals surface area contributed by atoms with Gasteiger partial charge in [0, 0.05) is 39.4 Å². The van der Waals surface area contributed by atoms with Crippen molar-refractivity contribution >= 4 is 34.8 Å². The largest absolute Gasteiger partial charge is 0.496 e. The molecule has 1 heterocycles. The van der Waals surface area contributed by atoms with Crippen LogP contribution in [-0.4, -0.2) is 38.4 Å². The molecule has 8 heteroatoms. The molecule has 1 aromatic heterocycles. The van der Waals surface area contributed by atoms with Crippen molar-refractivity contribution in [2.75, 3.05) is 21.3 Å². The van der Waals surface area contributed by atoms with Gasteiger partial charge in [0.05, 0.1) is 33.1 Å². The average Bonchev–Trinajstić information content (AvgIpc) is 2.91. The van der Waals surface area contributed by atoms with Gasteiger partial charge >= 0.3 is 0 Å². The lowest BCUT2D eigenvalue weighted by Crippen LogP contribution is -2.17. The van der Waals surface area contributed by atoms with Crippen molar-refractivity contribution in [1.82, 2.24) is 10.4 Å². The Hall–Kier alpha value is -4.04. The van der Waals surface area contributed by atoms with Crippen molar-refractivity contribution in [2.24, 2.45) is 5.10 Å². The van der Waals surface area contributed by atoms with Crippen LogP contribution >= 0.6 is 11.8 Å². The Morgan fingerprint density at radius 2 is 1.66 bits per heavy atom. The number of benzene rings is 3. The van der Waals surface area contributed by atoms with Gasteiger partial charge in [-0.2, -0.15) is 5.10 Å². The van der Waals surface area contributed by atoms with E-state index in [4.69, 9.17) is 14.2 Å². The number of nitrogens with one attached hydrogen (secondary N) is 1. The number of thioether (sulfide) groups is 1. The lowest BCUT2D eigenvalue weighted by Gasteiger charge is -2.11.